The molecule has 33 heavy (non-hydrogen) atoms. The second-order valence-corrected chi connectivity index (χ2v) is 9.24. The molecule has 1 aromatic heterocycles. The number of aromatic nitrogens is 2. The molecule has 2 bridgehead atoms. The van der Waals surface area contributed by atoms with Crippen molar-refractivity contribution in [2.75, 3.05) is 36.5 Å². The standard InChI is InChI=1S/C25H27F2N5O/c1-33-25-29-21-14-31(22-11-16(23(26)27)10-15-4-2-3-5-19(15)22)9-8-20(21)24(30-25)32-12-17-6-7-18(13-32)28-17/h2-5,10-11,17-18,23,28H,6-9,12-14H2,1H3. The maximum Gasteiger partial charge on any atom is 0.318 e. The summed E-state index contributed by atoms with van der Waals surface area (Å²) in [4.78, 5) is 14.0. The van der Waals surface area contributed by atoms with Crippen LogP contribution in [0.15, 0.2) is 36.4 Å². The van der Waals surface area contributed by atoms with Crippen molar-refractivity contribution >= 4 is 22.3 Å². The number of anilines is 2. The van der Waals surface area contributed by atoms with E-state index < -0.39 is 6.43 Å². The molecule has 2 saturated heterocycles. The number of hydrogen-bond acceptors (Lipinski definition) is 6. The maximum absolute atomic E-state index is 13.6. The molecule has 0 spiro atoms. The van der Waals surface area contributed by atoms with E-state index in [9.17, 15) is 8.78 Å². The van der Waals surface area contributed by atoms with Crippen molar-refractivity contribution < 1.29 is 13.5 Å². The predicted molar refractivity (Wildman–Crippen MR) is 124 cm³/mol. The van der Waals surface area contributed by atoms with E-state index in [1.54, 1.807) is 19.2 Å². The first-order valence-corrected chi connectivity index (χ1v) is 11.6. The van der Waals surface area contributed by atoms with Crippen LogP contribution in [0.25, 0.3) is 10.8 Å². The molecule has 4 heterocycles. The van der Waals surface area contributed by atoms with Gasteiger partial charge in [-0.1, -0.05) is 24.3 Å². The molecule has 0 amide bonds. The minimum absolute atomic E-state index is 0.0479. The van der Waals surface area contributed by atoms with E-state index in [0.717, 1.165) is 59.6 Å². The lowest BCUT2D eigenvalue weighted by atomic mass is 10.00. The highest BCUT2D eigenvalue weighted by molar-refractivity contribution is 5.95. The van der Waals surface area contributed by atoms with Gasteiger partial charge in [0, 0.05) is 53.9 Å². The Labute approximate surface area is 191 Å². The molecule has 2 fully saturated rings. The number of benzene rings is 2. The van der Waals surface area contributed by atoms with Crippen LogP contribution in [0, 0.1) is 0 Å². The summed E-state index contributed by atoms with van der Waals surface area (Å²) in [7, 11) is 1.59. The van der Waals surface area contributed by atoms with E-state index >= 15 is 0 Å². The van der Waals surface area contributed by atoms with Gasteiger partial charge in [-0.05, 0) is 36.8 Å². The highest BCUT2D eigenvalue weighted by atomic mass is 19.3. The zero-order valence-corrected chi connectivity index (χ0v) is 18.6. The number of halogens is 2. The second kappa shape index (κ2) is 8.09. The number of piperazine rings is 1. The average molecular weight is 452 g/mol. The average Bonchev–Trinajstić information content (AvgIpc) is 3.19. The van der Waals surface area contributed by atoms with Crippen molar-refractivity contribution in [2.45, 2.75) is 44.3 Å². The summed E-state index contributed by atoms with van der Waals surface area (Å²) in [6.07, 6.45) is 0.656. The summed E-state index contributed by atoms with van der Waals surface area (Å²) < 4.78 is 32.7. The van der Waals surface area contributed by atoms with Gasteiger partial charge in [0.25, 0.3) is 6.43 Å². The van der Waals surface area contributed by atoms with Crippen molar-refractivity contribution in [3.8, 4) is 6.01 Å². The fraction of sp³-hybridized carbons (Fsp3) is 0.440. The highest BCUT2D eigenvalue weighted by Crippen LogP contribution is 2.37. The summed E-state index contributed by atoms with van der Waals surface area (Å²) in [6.45, 7) is 3.14. The molecule has 6 rings (SSSR count). The molecule has 3 aromatic rings. The lowest BCUT2D eigenvalue weighted by Crippen LogP contribution is -2.52. The molecule has 2 unspecified atom stereocenters. The molecule has 0 radical (unpaired) electrons. The molecule has 1 N–H and O–H groups in total. The van der Waals surface area contributed by atoms with Crippen LogP contribution in [0.1, 0.15) is 36.1 Å². The Morgan fingerprint density at radius 1 is 1.06 bits per heavy atom. The molecule has 172 valence electrons. The number of rotatable bonds is 4. The number of hydrogen-bond donors (Lipinski definition) is 1. The summed E-state index contributed by atoms with van der Waals surface area (Å²) in [5, 5.41) is 5.48. The lowest BCUT2D eigenvalue weighted by molar-refractivity contribution is 0.151. The highest BCUT2D eigenvalue weighted by Gasteiger charge is 2.35. The van der Waals surface area contributed by atoms with Crippen molar-refractivity contribution in [1.82, 2.24) is 15.3 Å². The Morgan fingerprint density at radius 2 is 1.85 bits per heavy atom. The number of fused-ring (bicyclic) bond motifs is 4. The van der Waals surface area contributed by atoms with Crippen LogP contribution in [0.2, 0.25) is 0 Å². The molecule has 0 saturated carbocycles. The van der Waals surface area contributed by atoms with Crippen molar-refractivity contribution in [2.24, 2.45) is 0 Å². The van der Waals surface area contributed by atoms with E-state index in [4.69, 9.17) is 9.72 Å². The molecular weight excluding hydrogens is 424 g/mol. The molecule has 0 aliphatic carbocycles. The number of nitrogens with one attached hydrogen (secondary N) is 1. The minimum Gasteiger partial charge on any atom is -0.467 e. The summed E-state index contributed by atoms with van der Waals surface area (Å²) >= 11 is 0. The monoisotopic (exact) mass is 451 g/mol. The predicted octanol–water partition coefficient (Wildman–Crippen LogP) is 4.08. The fourth-order valence-electron chi connectivity index (χ4n) is 5.62. The summed E-state index contributed by atoms with van der Waals surface area (Å²) in [5.74, 6) is 0.973. The van der Waals surface area contributed by atoms with E-state index in [-0.39, 0.29) is 5.56 Å². The van der Waals surface area contributed by atoms with Crippen LogP contribution in [0.5, 0.6) is 6.01 Å². The molecule has 2 atom stereocenters. The SMILES string of the molecule is COc1nc2c(c(N3CC4CCC(C3)N4)n1)CCN(c1cc(C(F)F)cc3ccccc13)C2. The second-order valence-electron chi connectivity index (χ2n) is 9.24. The van der Waals surface area contributed by atoms with E-state index in [1.807, 2.05) is 24.3 Å². The molecule has 6 nitrogen and oxygen atoms in total. The zero-order chi connectivity index (χ0) is 22.5. The Kier molecular flexibility index (Phi) is 5.05. The van der Waals surface area contributed by atoms with Crippen molar-refractivity contribution in [3.05, 3.63) is 53.2 Å². The first-order chi connectivity index (χ1) is 16.1. The van der Waals surface area contributed by atoms with E-state index in [0.29, 0.717) is 24.6 Å². The molecule has 2 aromatic carbocycles. The first kappa shape index (κ1) is 20.6. The van der Waals surface area contributed by atoms with Gasteiger partial charge < -0.3 is 19.9 Å². The molecule has 8 heteroatoms. The van der Waals surface area contributed by atoms with Gasteiger partial charge >= 0.3 is 6.01 Å². The van der Waals surface area contributed by atoms with Gasteiger partial charge in [0.05, 0.1) is 19.3 Å². The van der Waals surface area contributed by atoms with Crippen LogP contribution in [-0.4, -0.2) is 48.8 Å². The third kappa shape index (κ3) is 3.66. The van der Waals surface area contributed by atoms with Crippen LogP contribution >= 0.6 is 0 Å². The lowest BCUT2D eigenvalue weighted by Gasteiger charge is -2.37. The number of nitrogens with zero attached hydrogens (tertiary/aromatic N) is 4. The van der Waals surface area contributed by atoms with Gasteiger partial charge in [-0.2, -0.15) is 9.97 Å². The minimum atomic E-state index is -2.51. The molecule has 3 aliphatic rings. The van der Waals surface area contributed by atoms with Gasteiger partial charge in [-0.25, -0.2) is 8.78 Å². The number of alkyl halides is 2. The topological polar surface area (TPSA) is 53.5 Å². The zero-order valence-electron chi connectivity index (χ0n) is 18.6. The van der Waals surface area contributed by atoms with Gasteiger partial charge in [0.1, 0.15) is 5.82 Å². The quantitative estimate of drug-likeness (QED) is 0.645. The third-order valence-corrected chi connectivity index (χ3v) is 7.18. The van der Waals surface area contributed by atoms with Crippen molar-refractivity contribution in [1.29, 1.82) is 0 Å². The fourth-order valence-corrected chi connectivity index (χ4v) is 5.62. The normalized spacial score (nSPS) is 22.2. The van der Waals surface area contributed by atoms with Crippen LogP contribution in [0.4, 0.5) is 20.3 Å². The first-order valence-electron chi connectivity index (χ1n) is 11.6. The summed E-state index contributed by atoms with van der Waals surface area (Å²) in [6, 6.07) is 12.3. The Morgan fingerprint density at radius 3 is 2.61 bits per heavy atom. The van der Waals surface area contributed by atoms with Crippen LogP contribution in [-0.2, 0) is 13.0 Å². The maximum atomic E-state index is 13.6. The van der Waals surface area contributed by atoms with Gasteiger partial charge in [0.2, 0.25) is 0 Å². The smallest absolute Gasteiger partial charge is 0.318 e. The van der Waals surface area contributed by atoms with Crippen LogP contribution < -0.4 is 19.9 Å². The largest absolute Gasteiger partial charge is 0.467 e. The number of methoxy groups -OCH3 is 1. The Balaban J connectivity index is 1.39. The van der Waals surface area contributed by atoms with Gasteiger partial charge in [0.15, 0.2) is 0 Å². The summed E-state index contributed by atoms with van der Waals surface area (Å²) in [5.41, 5.74) is 2.95. The van der Waals surface area contributed by atoms with E-state index in [1.165, 1.54) is 12.8 Å². The third-order valence-electron chi connectivity index (χ3n) is 7.18. The molecule has 3 aliphatic heterocycles. The number of ether oxygens (including phenoxy) is 1. The van der Waals surface area contributed by atoms with E-state index in [2.05, 4.69) is 20.1 Å². The molecular formula is C25H27F2N5O. The van der Waals surface area contributed by atoms with Gasteiger partial charge in [-0.3, -0.25) is 0 Å². The van der Waals surface area contributed by atoms with Gasteiger partial charge in [-0.15, -0.1) is 0 Å². The van der Waals surface area contributed by atoms with Crippen LogP contribution in [0.3, 0.4) is 0 Å². The Bertz CT molecular complexity index is 1190. The van der Waals surface area contributed by atoms with Crippen molar-refractivity contribution in [3.63, 3.8) is 0 Å². The Hall–Kier alpha value is -3.00.